The molecule has 0 radical (unpaired) electrons. The van der Waals surface area contributed by atoms with E-state index in [1.807, 2.05) is 33.8 Å². The highest BCUT2D eigenvalue weighted by Crippen LogP contribution is 2.37. The van der Waals surface area contributed by atoms with Gasteiger partial charge in [0.2, 0.25) is 5.60 Å². The zero-order valence-electron chi connectivity index (χ0n) is 16.8. The number of methoxy groups -OCH3 is 1. The lowest BCUT2D eigenvalue weighted by Gasteiger charge is -2.32. The number of hydrogen-bond acceptors (Lipinski definition) is 5. The van der Waals surface area contributed by atoms with Gasteiger partial charge in [-0.2, -0.15) is 0 Å². The number of nitrogens with zero attached hydrogens (tertiary/aromatic N) is 1. The highest BCUT2D eigenvalue weighted by Gasteiger charge is 2.52. The summed E-state index contributed by atoms with van der Waals surface area (Å²) in [5, 5.41) is 10.5. The van der Waals surface area contributed by atoms with Crippen LogP contribution >= 0.6 is 0 Å². The Morgan fingerprint density at radius 2 is 1.85 bits per heavy atom. The summed E-state index contributed by atoms with van der Waals surface area (Å²) in [6, 6.07) is 5.39. The van der Waals surface area contributed by atoms with Crippen LogP contribution in [-0.2, 0) is 14.1 Å². The predicted molar refractivity (Wildman–Crippen MR) is 103 cm³/mol. The van der Waals surface area contributed by atoms with Crippen LogP contribution in [0.2, 0.25) is 0 Å². The van der Waals surface area contributed by atoms with E-state index in [1.165, 1.54) is 4.90 Å². The SMILES string of the molecule is COc1ccc(C#CC2(O)CCN(C)C2=O)cc1B1OC(C)(C)C(C)(C)O1. The van der Waals surface area contributed by atoms with Crippen molar-refractivity contribution in [2.75, 3.05) is 20.7 Å². The van der Waals surface area contributed by atoms with Crippen LogP contribution in [0.25, 0.3) is 0 Å². The van der Waals surface area contributed by atoms with E-state index in [2.05, 4.69) is 11.8 Å². The van der Waals surface area contributed by atoms with Crippen LogP contribution in [0.5, 0.6) is 5.75 Å². The highest BCUT2D eigenvalue weighted by molar-refractivity contribution is 6.63. The average molecular weight is 371 g/mol. The first-order chi connectivity index (χ1) is 12.5. The van der Waals surface area contributed by atoms with E-state index in [-0.39, 0.29) is 5.91 Å². The largest absolute Gasteiger partial charge is 0.498 e. The van der Waals surface area contributed by atoms with Crippen molar-refractivity contribution >= 4 is 18.5 Å². The summed E-state index contributed by atoms with van der Waals surface area (Å²) in [4.78, 5) is 13.6. The molecule has 2 heterocycles. The number of rotatable bonds is 2. The smallest absolute Gasteiger partial charge is 0.497 e. The molecule has 144 valence electrons. The fourth-order valence-electron chi connectivity index (χ4n) is 3.11. The molecule has 2 fully saturated rings. The molecular weight excluding hydrogens is 345 g/mol. The van der Waals surface area contributed by atoms with Crippen molar-refractivity contribution in [2.24, 2.45) is 0 Å². The Bertz CT molecular complexity index is 809. The van der Waals surface area contributed by atoms with Gasteiger partial charge in [-0.15, -0.1) is 0 Å². The normalized spacial score (nSPS) is 26.1. The quantitative estimate of drug-likeness (QED) is 0.619. The van der Waals surface area contributed by atoms with Crippen molar-refractivity contribution in [3.8, 4) is 17.6 Å². The van der Waals surface area contributed by atoms with Crippen LogP contribution in [0, 0.1) is 11.8 Å². The zero-order chi connectivity index (χ0) is 20.0. The monoisotopic (exact) mass is 371 g/mol. The third-order valence-corrected chi connectivity index (χ3v) is 5.66. The first kappa shape index (κ1) is 19.7. The van der Waals surface area contributed by atoms with Gasteiger partial charge in [-0.1, -0.05) is 11.8 Å². The molecule has 0 spiro atoms. The van der Waals surface area contributed by atoms with Gasteiger partial charge in [0, 0.05) is 31.0 Å². The summed E-state index contributed by atoms with van der Waals surface area (Å²) < 4.78 is 17.7. The van der Waals surface area contributed by atoms with Gasteiger partial charge in [0.05, 0.1) is 18.3 Å². The minimum Gasteiger partial charge on any atom is -0.497 e. The van der Waals surface area contributed by atoms with E-state index in [4.69, 9.17) is 14.0 Å². The molecule has 0 aromatic heterocycles. The number of benzene rings is 1. The molecule has 2 saturated heterocycles. The minimum atomic E-state index is -1.63. The molecule has 2 aliphatic rings. The van der Waals surface area contributed by atoms with Gasteiger partial charge in [-0.05, 0) is 45.9 Å². The number of ether oxygens (including phenoxy) is 1. The maximum Gasteiger partial charge on any atom is 0.498 e. The summed E-state index contributed by atoms with van der Waals surface area (Å²) in [7, 11) is 2.66. The second kappa shape index (κ2) is 6.56. The van der Waals surface area contributed by atoms with Crippen molar-refractivity contribution in [3.05, 3.63) is 23.8 Å². The van der Waals surface area contributed by atoms with E-state index in [0.29, 0.717) is 24.3 Å². The molecule has 6 nitrogen and oxygen atoms in total. The van der Waals surface area contributed by atoms with Gasteiger partial charge < -0.3 is 24.1 Å². The maximum absolute atomic E-state index is 12.1. The Hall–Kier alpha value is -2.01. The summed E-state index contributed by atoms with van der Waals surface area (Å²) >= 11 is 0. The lowest BCUT2D eigenvalue weighted by molar-refractivity contribution is -0.137. The molecule has 1 aromatic rings. The van der Waals surface area contributed by atoms with Gasteiger partial charge in [0.1, 0.15) is 5.75 Å². The van der Waals surface area contributed by atoms with Crippen LogP contribution < -0.4 is 10.2 Å². The lowest BCUT2D eigenvalue weighted by atomic mass is 9.77. The molecular formula is C20H26BNO5. The fourth-order valence-corrected chi connectivity index (χ4v) is 3.11. The number of amides is 1. The Morgan fingerprint density at radius 3 is 2.37 bits per heavy atom. The summed E-state index contributed by atoms with van der Waals surface area (Å²) in [6.07, 6.45) is 0.301. The third kappa shape index (κ3) is 3.45. The zero-order valence-corrected chi connectivity index (χ0v) is 16.8. The summed E-state index contributed by atoms with van der Waals surface area (Å²) in [5.74, 6) is 5.92. The van der Waals surface area contributed by atoms with E-state index >= 15 is 0 Å². The maximum atomic E-state index is 12.1. The molecule has 27 heavy (non-hydrogen) atoms. The minimum absolute atomic E-state index is 0.301. The predicted octanol–water partition coefficient (Wildman–Crippen LogP) is 0.939. The number of carbonyl (C=O) groups is 1. The highest BCUT2D eigenvalue weighted by atomic mass is 16.7. The van der Waals surface area contributed by atoms with Crippen molar-refractivity contribution in [1.82, 2.24) is 4.90 Å². The average Bonchev–Trinajstić information content (AvgIpc) is 2.99. The fraction of sp³-hybridized carbons (Fsp3) is 0.550. The molecule has 2 aliphatic heterocycles. The number of likely N-dealkylation sites (N-methyl/N-ethyl adjacent to an activating group) is 1. The molecule has 0 bridgehead atoms. The van der Waals surface area contributed by atoms with Crippen LogP contribution in [0.15, 0.2) is 18.2 Å². The molecule has 1 atom stereocenters. The van der Waals surface area contributed by atoms with Gasteiger partial charge in [-0.3, -0.25) is 4.79 Å². The van der Waals surface area contributed by atoms with Gasteiger partial charge in [-0.25, -0.2) is 0 Å². The van der Waals surface area contributed by atoms with Crippen LogP contribution in [0.4, 0.5) is 0 Å². The van der Waals surface area contributed by atoms with Gasteiger partial charge in [0.15, 0.2) is 0 Å². The van der Waals surface area contributed by atoms with E-state index < -0.39 is 23.9 Å². The molecule has 0 aliphatic carbocycles. The first-order valence-corrected chi connectivity index (χ1v) is 9.04. The summed E-state index contributed by atoms with van der Waals surface area (Å²) in [6.45, 7) is 8.44. The third-order valence-electron chi connectivity index (χ3n) is 5.66. The Labute approximate surface area is 160 Å². The van der Waals surface area contributed by atoms with E-state index in [0.717, 1.165) is 5.46 Å². The van der Waals surface area contributed by atoms with Crippen molar-refractivity contribution in [2.45, 2.75) is 50.9 Å². The topological polar surface area (TPSA) is 68.2 Å². The number of carbonyl (C=O) groups excluding carboxylic acids is 1. The molecule has 1 N–H and O–H groups in total. The molecule has 0 saturated carbocycles. The van der Waals surface area contributed by atoms with Crippen molar-refractivity contribution < 1.29 is 23.9 Å². The van der Waals surface area contributed by atoms with Crippen LogP contribution in [0.3, 0.4) is 0 Å². The van der Waals surface area contributed by atoms with Gasteiger partial charge in [0.25, 0.3) is 5.91 Å². The molecule has 1 unspecified atom stereocenters. The van der Waals surface area contributed by atoms with E-state index in [9.17, 15) is 9.90 Å². The molecule has 1 amide bonds. The Balaban J connectivity index is 1.92. The number of likely N-dealkylation sites (tertiary alicyclic amines) is 1. The molecule has 1 aromatic carbocycles. The second-order valence-corrected chi connectivity index (χ2v) is 8.13. The van der Waals surface area contributed by atoms with Crippen molar-refractivity contribution in [1.29, 1.82) is 0 Å². The molecule has 7 heteroatoms. The number of aliphatic hydroxyl groups is 1. The van der Waals surface area contributed by atoms with Crippen LogP contribution in [-0.4, -0.2) is 60.5 Å². The van der Waals surface area contributed by atoms with Gasteiger partial charge >= 0.3 is 7.12 Å². The standard InChI is InChI=1S/C20H26BNO5/c1-18(2)19(3,4)27-21(26-18)15-13-14(7-8-16(15)25-6)9-10-20(24)11-12-22(5)17(20)23/h7-8,13,24H,11-12H2,1-6H3. The Morgan fingerprint density at radius 1 is 1.22 bits per heavy atom. The number of hydrogen-bond donors (Lipinski definition) is 1. The van der Waals surface area contributed by atoms with Crippen LogP contribution in [0.1, 0.15) is 39.7 Å². The second-order valence-electron chi connectivity index (χ2n) is 8.13. The Kier molecular flexibility index (Phi) is 4.79. The summed E-state index contributed by atoms with van der Waals surface area (Å²) in [5.41, 5.74) is -1.19. The first-order valence-electron chi connectivity index (χ1n) is 9.04. The van der Waals surface area contributed by atoms with E-state index in [1.54, 1.807) is 26.3 Å². The molecule has 3 rings (SSSR count). The lowest BCUT2D eigenvalue weighted by Crippen LogP contribution is -2.41. The van der Waals surface area contributed by atoms with Crippen molar-refractivity contribution in [3.63, 3.8) is 0 Å².